The second kappa shape index (κ2) is 18.0. The molecule has 0 saturated carbocycles. The van der Waals surface area contributed by atoms with Crippen molar-refractivity contribution in [1.82, 2.24) is 0 Å². The second-order valence-electron chi connectivity index (χ2n) is 8.47. The van der Waals surface area contributed by atoms with E-state index in [0.717, 1.165) is 38.0 Å². The molecule has 0 radical (unpaired) electrons. The molecule has 0 aliphatic heterocycles. The molecule has 0 aromatic rings. The molecular weight excluding hydrogens is 360 g/mol. The molecule has 1 heteroatoms. The summed E-state index contributed by atoms with van der Waals surface area (Å²) in [7, 11) is 0. The van der Waals surface area contributed by atoms with Crippen molar-refractivity contribution >= 4 is 11.6 Å². The van der Waals surface area contributed by atoms with Crippen molar-refractivity contribution in [1.29, 1.82) is 0 Å². The van der Waals surface area contributed by atoms with E-state index in [1.54, 1.807) is 0 Å². The molecule has 0 N–H and O–H groups in total. The van der Waals surface area contributed by atoms with E-state index in [4.69, 9.17) is 11.6 Å². The summed E-state index contributed by atoms with van der Waals surface area (Å²) in [6, 6.07) is 0. The fourth-order valence-corrected chi connectivity index (χ4v) is 3.23. The molecule has 0 nitrogen and oxygen atoms in total. The van der Waals surface area contributed by atoms with Crippen LogP contribution in [-0.4, -0.2) is 5.88 Å². The van der Waals surface area contributed by atoms with Gasteiger partial charge in [0, 0.05) is 5.88 Å². The zero-order chi connectivity index (χ0) is 21.2. The van der Waals surface area contributed by atoms with Crippen LogP contribution in [0.3, 0.4) is 0 Å². The van der Waals surface area contributed by atoms with Crippen LogP contribution in [0.5, 0.6) is 0 Å². The van der Waals surface area contributed by atoms with Crippen LogP contribution in [0.25, 0.3) is 0 Å². The Morgan fingerprint density at radius 2 is 0.857 bits per heavy atom. The van der Waals surface area contributed by atoms with Crippen LogP contribution in [-0.2, 0) is 0 Å². The Hall–Kier alpha value is -1.01. The summed E-state index contributed by atoms with van der Waals surface area (Å²) in [5.74, 6) is 0.767. The van der Waals surface area contributed by atoms with Crippen molar-refractivity contribution in [3.05, 3.63) is 58.2 Å². The van der Waals surface area contributed by atoms with E-state index in [1.165, 1.54) is 60.0 Å². The average molecular weight is 405 g/mol. The number of hydrogen-bond acceptors (Lipinski definition) is 0. The highest BCUT2D eigenvalue weighted by Gasteiger charge is 1.94. The summed E-state index contributed by atoms with van der Waals surface area (Å²) in [6.07, 6.45) is 23.6. The van der Waals surface area contributed by atoms with E-state index in [-0.39, 0.29) is 0 Å². The van der Waals surface area contributed by atoms with Crippen LogP contribution < -0.4 is 0 Å². The van der Waals surface area contributed by atoms with Crippen LogP contribution in [0.15, 0.2) is 58.2 Å². The van der Waals surface area contributed by atoms with Gasteiger partial charge in [-0.1, -0.05) is 58.2 Å². The Morgan fingerprint density at radius 3 is 1.25 bits per heavy atom. The van der Waals surface area contributed by atoms with Gasteiger partial charge in [-0.15, -0.1) is 11.6 Å². The molecule has 0 atom stereocenters. The molecular formula is C27H45Cl. The van der Waals surface area contributed by atoms with Crippen molar-refractivity contribution in [3.63, 3.8) is 0 Å². The van der Waals surface area contributed by atoms with Gasteiger partial charge in [0.25, 0.3) is 0 Å². The first-order valence-corrected chi connectivity index (χ1v) is 11.7. The maximum Gasteiger partial charge on any atom is 0.0226 e. The minimum Gasteiger partial charge on any atom is -0.127 e. The zero-order valence-electron chi connectivity index (χ0n) is 19.5. The molecule has 28 heavy (non-hydrogen) atoms. The largest absolute Gasteiger partial charge is 0.127 e. The highest BCUT2D eigenvalue weighted by Crippen LogP contribution is 2.14. The van der Waals surface area contributed by atoms with E-state index >= 15 is 0 Å². The molecule has 0 spiro atoms. The van der Waals surface area contributed by atoms with Crippen molar-refractivity contribution in [2.75, 3.05) is 5.88 Å². The van der Waals surface area contributed by atoms with Crippen molar-refractivity contribution < 1.29 is 0 Å². The lowest BCUT2D eigenvalue weighted by Gasteiger charge is -2.02. The van der Waals surface area contributed by atoms with Crippen molar-refractivity contribution in [3.8, 4) is 0 Å². The van der Waals surface area contributed by atoms with Gasteiger partial charge in [-0.3, -0.25) is 0 Å². The van der Waals surface area contributed by atoms with Crippen LogP contribution in [0.4, 0.5) is 0 Å². The summed E-state index contributed by atoms with van der Waals surface area (Å²) in [5.41, 5.74) is 7.47. The van der Waals surface area contributed by atoms with Gasteiger partial charge in [0.15, 0.2) is 0 Å². The van der Waals surface area contributed by atoms with Gasteiger partial charge >= 0.3 is 0 Å². The Labute approximate surface area is 181 Å². The van der Waals surface area contributed by atoms with Crippen LogP contribution in [0, 0.1) is 0 Å². The third-order valence-electron chi connectivity index (χ3n) is 5.01. The fraction of sp³-hybridized carbons (Fsp3) is 0.630. The molecule has 0 aliphatic carbocycles. The number of alkyl halides is 1. The molecule has 0 fully saturated rings. The van der Waals surface area contributed by atoms with Crippen LogP contribution >= 0.6 is 11.6 Å². The Morgan fingerprint density at radius 1 is 0.500 bits per heavy atom. The predicted molar refractivity (Wildman–Crippen MR) is 131 cm³/mol. The number of halogens is 1. The van der Waals surface area contributed by atoms with Gasteiger partial charge in [-0.05, 0) is 106 Å². The monoisotopic (exact) mass is 404 g/mol. The molecule has 160 valence electrons. The third kappa shape index (κ3) is 18.4. The van der Waals surface area contributed by atoms with Gasteiger partial charge in [-0.25, -0.2) is 0 Å². The first-order valence-electron chi connectivity index (χ1n) is 11.2. The van der Waals surface area contributed by atoms with Gasteiger partial charge < -0.3 is 0 Å². The van der Waals surface area contributed by atoms with E-state index in [0.29, 0.717) is 0 Å². The average Bonchev–Trinajstić information content (AvgIpc) is 2.63. The summed E-state index contributed by atoms with van der Waals surface area (Å²) in [6.45, 7) is 13.4. The molecule has 0 heterocycles. The minimum atomic E-state index is 0.767. The minimum absolute atomic E-state index is 0.767. The van der Waals surface area contributed by atoms with Gasteiger partial charge in [-0.2, -0.15) is 0 Å². The summed E-state index contributed by atoms with van der Waals surface area (Å²) < 4.78 is 0. The van der Waals surface area contributed by atoms with Crippen molar-refractivity contribution in [2.24, 2.45) is 0 Å². The highest BCUT2D eigenvalue weighted by molar-refractivity contribution is 6.17. The molecule has 0 aromatic carbocycles. The quantitative estimate of drug-likeness (QED) is 0.145. The third-order valence-corrected chi connectivity index (χ3v) is 5.28. The molecule has 0 aromatic heterocycles. The van der Waals surface area contributed by atoms with Gasteiger partial charge in [0.1, 0.15) is 0 Å². The van der Waals surface area contributed by atoms with E-state index in [2.05, 4.69) is 71.9 Å². The predicted octanol–water partition coefficient (Wildman–Crippen LogP) is 9.88. The summed E-state index contributed by atoms with van der Waals surface area (Å²) >= 11 is 5.75. The number of unbranched alkanes of at least 4 members (excludes halogenated alkanes) is 1. The standard InChI is InChI=1S/C27H45Cl/c1-23(2)13-9-16-26(5)19-10-17-24(3)14-7-8-15-25(4)18-11-20-27(6)21-12-22-28/h13-15,19-20H,7-12,16-18,21-22H2,1-6H3. The Kier molecular flexibility index (Phi) is 17.4. The lowest BCUT2D eigenvalue weighted by molar-refractivity contribution is 0.880. The Balaban J connectivity index is 4.00. The second-order valence-corrected chi connectivity index (χ2v) is 8.85. The molecule has 0 saturated heterocycles. The number of allylic oxidation sites excluding steroid dienone is 10. The van der Waals surface area contributed by atoms with E-state index in [1.807, 2.05) is 0 Å². The Bertz CT molecular complexity index is 551. The SMILES string of the molecule is CC(C)=CCCC(C)=CCCC(C)=CCCC=C(C)CCC=C(C)CCCCl. The normalized spacial score (nSPS) is 13.8. The lowest BCUT2D eigenvalue weighted by atomic mass is 10.0. The molecule has 0 aliphatic rings. The zero-order valence-corrected chi connectivity index (χ0v) is 20.3. The fourth-order valence-electron chi connectivity index (χ4n) is 3.09. The topological polar surface area (TPSA) is 0 Å². The van der Waals surface area contributed by atoms with Crippen molar-refractivity contribution in [2.45, 2.75) is 106 Å². The van der Waals surface area contributed by atoms with E-state index < -0.39 is 0 Å². The maximum atomic E-state index is 5.75. The molecule has 0 unspecified atom stereocenters. The first kappa shape index (κ1) is 27.0. The van der Waals surface area contributed by atoms with Gasteiger partial charge in [0.05, 0.1) is 0 Å². The maximum absolute atomic E-state index is 5.75. The van der Waals surface area contributed by atoms with E-state index in [9.17, 15) is 0 Å². The molecule has 0 rings (SSSR count). The highest BCUT2D eigenvalue weighted by atomic mass is 35.5. The summed E-state index contributed by atoms with van der Waals surface area (Å²) in [4.78, 5) is 0. The van der Waals surface area contributed by atoms with Gasteiger partial charge in [0.2, 0.25) is 0 Å². The van der Waals surface area contributed by atoms with Crippen LogP contribution in [0.2, 0.25) is 0 Å². The molecule has 0 bridgehead atoms. The smallest absolute Gasteiger partial charge is 0.0226 e. The number of hydrogen-bond donors (Lipinski definition) is 0. The molecule has 0 amide bonds. The summed E-state index contributed by atoms with van der Waals surface area (Å²) in [5, 5.41) is 0. The first-order chi connectivity index (χ1) is 13.3. The lowest BCUT2D eigenvalue weighted by Crippen LogP contribution is -1.83. The number of rotatable bonds is 15. The van der Waals surface area contributed by atoms with Crippen LogP contribution in [0.1, 0.15) is 106 Å².